The van der Waals surface area contributed by atoms with Gasteiger partial charge < -0.3 is 15.7 Å². The lowest BCUT2D eigenvalue weighted by Gasteiger charge is -2.34. The van der Waals surface area contributed by atoms with Crippen molar-refractivity contribution in [3.8, 4) is 11.1 Å². The number of carboxylic acid groups (broad SMARTS) is 1. The van der Waals surface area contributed by atoms with Crippen LogP contribution >= 0.6 is 11.6 Å². The highest BCUT2D eigenvalue weighted by Crippen LogP contribution is 2.45. The van der Waals surface area contributed by atoms with E-state index in [9.17, 15) is 14.4 Å². The van der Waals surface area contributed by atoms with Gasteiger partial charge in [-0.05, 0) is 72.4 Å². The minimum Gasteiger partial charge on any atom is -0.481 e. The first-order valence-electron chi connectivity index (χ1n) is 12.6. The predicted molar refractivity (Wildman–Crippen MR) is 137 cm³/mol. The smallest absolute Gasteiger partial charge is 0.303 e. The third kappa shape index (κ3) is 6.23. The average molecular weight is 497 g/mol. The predicted octanol–water partition coefficient (Wildman–Crippen LogP) is 5.40. The molecule has 7 heteroatoms. The van der Waals surface area contributed by atoms with Gasteiger partial charge in [-0.2, -0.15) is 0 Å². The molecule has 1 heterocycles. The molecule has 2 aromatic carbocycles. The van der Waals surface area contributed by atoms with Gasteiger partial charge in [0.2, 0.25) is 5.91 Å². The monoisotopic (exact) mass is 496 g/mol. The lowest BCUT2D eigenvalue weighted by Crippen LogP contribution is -2.29. The lowest BCUT2D eigenvalue weighted by atomic mass is 9.70. The van der Waals surface area contributed by atoms with Gasteiger partial charge in [0.05, 0.1) is 0 Å². The summed E-state index contributed by atoms with van der Waals surface area (Å²) in [4.78, 5) is 35.5. The molecule has 2 amide bonds. The summed E-state index contributed by atoms with van der Waals surface area (Å²) in [5.41, 5.74) is 3.51. The van der Waals surface area contributed by atoms with Crippen molar-refractivity contribution >= 4 is 29.4 Å². The molecule has 1 aliphatic carbocycles. The van der Waals surface area contributed by atoms with Gasteiger partial charge in [0, 0.05) is 36.0 Å². The minimum absolute atomic E-state index is 0.0188. The van der Waals surface area contributed by atoms with Crippen molar-refractivity contribution in [3.63, 3.8) is 0 Å². The summed E-state index contributed by atoms with van der Waals surface area (Å²) in [6.45, 7) is 1.06. The molecule has 0 aromatic heterocycles. The Morgan fingerprint density at radius 1 is 1.03 bits per heavy atom. The maximum atomic E-state index is 12.6. The van der Waals surface area contributed by atoms with Crippen molar-refractivity contribution in [3.05, 3.63) is 58.6 Å². The van der Waals surface area contributed by atoms with Crippen LogP contribution in [0.5, 0.6) is 0 Å². The van der Waals surface area contributed by atoms with E-state index in [0.717, 1.165) is 42.5 Å². The summed E-state index contributed by atoms with van der Waals surface area (Å²) in [7, 11) is 0. The molecule has 1 saturated carbocycles. The van der Waals surface area contributed by atoms with Crippen molar-refractivity contribution in [2.24, 2.45) is 11.8 Å². The number of carboxylic acids is 1. The fourth-order valence-electron chi connectivity index (χ4n) is 5.58. The van der Waals surface area contributed by atoms with Crippen LogP contribution in [0.25, 0.3) is 11.1 Å². The maximum Gasteiger partial charge on any atom is 0.303 e. The second kappa shape index (κ2) is 11.7. The number of benzene rings is 2. The number of nitrogens with one attached hydrogen (secondary N) is 2. The third-order valence-electron chi connectivity index (χ3n) is 7.38. The van der Waals surface area contributed by atoms with Crippen molar-refractivity contribution < 1.29 is 19.5 Å². The Balaban J connectivity index is 1.49. The van der Waals surface area contributed by atoms with E-state index in [1.54, 1.807) is 12.1 Å². The molecule has 3 N–H and O–H groups in total. The molecule has 4 rings (SSSR count). The van der Waals surface area contributed by atoms with Crippen LogP contribution in [0.15, 0.2) is 42.5 Å². The molecule has 2 aromatic rings. The molecule has 2 unspecified atom stereocenters. The van der Waals surface area contributed by atoms with Gasteiger partial charge in [-0.3, -0.25) is 14.4 Å². The largest absolute Gasteiger partial charge is 0.481 e. The van der Waals surface area contributed by atoms with E-state index >= 15 is 0 Å². The van der Waals surface area contributed by atoms with Crippen LogP contribution in [0, 0.1) is 11.8 Å². The van der Waals surface area contributed by atoms with E-state index in [2.05, 4.69) is 22.8 Å². The number of rotatable bonds is 9. The molecule has 2 fully saturated rings. The number of aliphatic carboxylic acids is 1. The maximum absolute atomic E-state index is 12.6. The van der Waals surface area contributed by atoms with Gasteiger partial charge in [-0.15, -0.1) is 0 Å². The first kappa shape index (κ1) is 25.2. The molecule has 186 valence electrons. The van der Waals surface area contributed by atoms with E-state index in [-0.39, 0.29) is 30.1 Å². The van der Waals surface area contributed by atoms with Gasteiger partial charge in [-0.1, -0.05) is 55.1 Å². The Hall–Kier alpha value is -2.86. The fourth-order valence-corrected chi connectivity index (χ4v) is 5.89. The van der Waals surface area contributed by atoms with Crippen molar-refractivity contribution in [1.29, 1.82) is 0 Å². The molecule has 2 aliphatic rings. The van der Waals surface area contributed by atoms with E-state index < -0.39 is 5.97 Å². The quantitative estimate of drug-likeness (QED) is 0.405. The van der Waals surface area contributed by atoms with E-state index in [4.69, 9.17) is 16.7 Å². The van der Waals surface area contributed by atoms with Gasteiger partial charge in [0.15, 0.2) is 0 Å². The number of hydrogen-bond acceptors (Lipinski definition) is 3. The Morgan fingerprint density at radius 3 is 2.37 bits per heavy atom. The Morgan fingerprint density at radius 2 is 1.74 bits per heavy atom. The zero-order valence-electron chi connectivity index (χ0n) is 19.9. The Labute approximate surface area is 211 Å². The molecule has 1 saturated heterocycles. The molecular weight excluding hydrogens is 464 g/mol. The molecule has 0 radical (unpaired) electrons. The molecule has 1 aliphatic heterocycles. The van der Waals surface area contributed by atoms with Gasteiger partial charge in [0.1, 0.15) is 0 Å². The van der Waals surface area contributed by atoms with E-state index in [1.807, 2.05) is 18.2 Å². The van der Waals surface area contributed by atoms with Crippen LogP contribution < -0.4 is 10.6 Å². The van der Waals surface area contributed by atoms with Crippen LogP contribution in [-0.2, 0) is 9.59 Å². The van der Waals surface area contributed by atoms with Crippen LogP contribution in [0.1, 0.15) is 73.2 Å². The summed E-state index contributed by atoms with van der Waals surface area (Å²) in [5.74, 6) is -0.335. The number of carbonyl (C=O) groups is 3. The molecule has 0 bridgehead atoms. The first-order valence-corrected chi connectivity index (χ1v) is 13.0. The highest BCUT2D eigenvalue weighted by atomic mass is 35.5. The van der Waals surface area contributed by atoms with Crippen molar-refractivity contribution in [2.45, 2.75) is 57.3 Å². The normalized spacial score (nSPS) is 19.2. The summed E-state index contributed by atoms with van der Waals surface area (Å²) < 4.78 is 0. The summed E-state index contributed by atoms with van der Waals surface area (Å²) in [6.07, 6.45) is 7.27. The number of hydrogen-bond donors (Lipinski definition) is 3. The van der Waals surface area contributed by atoms with Crippen molar-refractivity contribution in [2.75, 3.05) is 13.1 Å². The zero-order chi connectivity index (χ0) is 24.8. The number of halogens is 1. The third-order valence-corrected chi connectivity index (χ3v) is 7.70. The summed E-state index contributed by atoms with van der Waals surface area (Å²) >= 11 is 6.86. The Bertz CT molecular complexity index is 1060. The minimum atomic E-state index is -0.871. The molecule has 35 heavy (non-hydrogen) atoms. The SMILES string of the molecule is O=C(O)CCCNC(=O)c1ccc(-c2ccc(C(C3CCCCC3)C3CCNC3=O)c(Cl)c2)cc1. The average Bonchev–Trinajstić information content (AvgIpc) is 3.29. The van der Waals surface area contributed by atoms with Crippen molar-refractivity contribution in [1.82, 2.24) is 10.6 Å². The second-order valence-electron chi connectivity index (χ2n) is 9.68. The van der Waals surface area contributed by atoms with Crippen LogP contribution in [0.4, 0.5) is 0 Å². The highest BCUT2D eigenvalue weighted by Gasteiger charge is 2.39. The topological polar surface area (TPSA) is 95.5 Å². The molecule has 2 atom stereocenters. The number of carbonyl (C=O) groups excluding carboxylic acids is 2. The molecule has 0 spiro atoms. The van der Waals surface area contributed by atoms with E-state index in [1.165, 1.54) is 19.3 Å². The summed E-state index contributed by atoms with van der Waals surface area (Å²) in [6, 6.07) is 13.4. The highest BCUT2D eigenvalue weighted by molar-refractivity contribution is 6.31. The van der Waals surface area contributed by atoms with Gasteiger partial charge >= 0.3 is 5.97 Å². The van der Waals surface area contributed by atoms with Crippen LogP contribution in [-0.4, -0.2) is 36.0 Å². The zero-order valence-corrected chi connectivity index (χ0v) is 20.7. The van der Waals surface area contributed by atoms with Gasteiger partial charge in [-0.25, -0.2) is 0 Å². The summed E-state index contributed by atoms with van der Waals surface area (Å²) in [5, 5.41) is 15.1. The fraction of sp³-hybridized carbons (Fsp3) is 0.464. The van der Waals surface area contributed by atoms with E-state index in [0.29, 0.717) is 29.5 Å². The first-order chi connectivity index (χ1) is 16.9. The second-order valence-corrected chi connectivity index (χ2v) is 10.1. The standard InChI is InChI=1S/C28H33ClN2O4/c29-24-17-21(18-8-10-20(11-9-18)27(34)30-15-4-7-25(32)33)12-13-22(24)26(19-5-2-1-3-6-19)23-14-16-31-28(23)35/h8-13,17,19,23,26H,1-7,14-16H2,(H,30,34)(H,31,35)(H,32,33). The lowest BCUT2D eigenvalue weighted by molar-refractivity contribution is -0.137. The van der Waals surface area contributed by atoms with Crippen LogP contribution in [0.3, 0.4) is 0 Å². The van der Waals surface area contributed by atoms with Crippen LogP contribution in [0.2, 0.25) is 5.02 Å². The molecule has 6 nitrogen and oxygen atoms in total. The number of amides is 2. The Kier molecular flexibility index (Phi) is 8.45. The van der Waals surface area contributed by atoms with Gasteiger partial charge in [0.25, 0.3) is 5.91 Å². The molecular formula is C28H33ClN2O4.